The zero-order valence-electron chi connectivity index (χ0n) is 12.2. The molecule has 0 radical (unpaired) electrons. The minimum absolute atomic E-state index is 0.134. The van der Waals surface area contributed by atoms with E-state index in [2.05, 4.69) is 15.6 Å². The van der Waals surface area contributed by atoms with Crippen molar-refractivity contribution in [3.05, 3.63) is 40.9 Å². The number of hydrogen-bond donors (Lipinski definition) is 2. The molecular formula is C15H12F3N3O2S. The number of aromatic nitrogens is 1. The summed E-state index contributed by atoms with van der Waals surface area (Å²) in [6, 6.07) is 3.99. The van der Waals surface area contributed by atoms with Gasteiger partial charge in [0.25, 0.3) is 5.91 Å². The van der Waals surface area contributed by atoms with Crippen molar-refractivity contribution in [2.75, 3.05) is 6.54 Å². The van der Waals surface area contributed by atoms with Crippen LogP contribution >= 0.6 is 11.3 Å². The smallest absolute Gasteiger partial charge is 0.354 e. The third-order valence-corrected chi connectivity index (χ3v) is 4.44. The first-order chi connectivity index (χ1) is 11.3. The van der Waals surface area contributed by atoms with Crippen molar-refractivity contribution in [3.8, 4) is 10.6 Å². The van der Waals surface area contributed by atoms with E-state index in [4.69, 9.17) is 0 Å². The van der Waals surface area contributed by atoms with Gasteiger partial charge in [-0.15, -0.1) is 11.3 Å². The number of nitrogens with zero attached hydrogens (tertiary/aromatic N) is 1. The van der Waals surface area contributed by atoms with E-state index < -0.39 is 23.7 Å². The van der Waals surface area contributed by atoms with Gasteiger partial charge in [-0.2, -0.15) is 13.2 Å². The number of rotatable bonds is 3. The zero-order chi connectivity index (χ0) is 17.3. The highest BCUT2D eigenvalue weighted by Gasteiger charge is 2.30. The van der Waals surface area contributed by atoms with Gasteiger partial charge < -0.3 is 10.6 Å². The lowest BCUT2D eigenvalue weighted by Gasteiger charge is -2.08. The van der Waals surface area contributed by atoms with Crippen LogP contribution in [0.25, 0.3) is 10.6 Å². The molecule has 2 N–H and O–H groups in total. The highest BCUT2D eigenvalue weighted by atomic mass is 32.1. The van der Waals surface area contributed by atoms with Crippen LogP contribution in [0.2, 0.25) is 0 Å². The second-order valence-corrected chi connectivity index (χ2v) is 6.08. The number of benzene rings is 1. The Morgan fingerprint density at radius 3 is 2.58 bits per heavy atom. The molecule has 2 heterocycles. The zero-order valence-corrected chi connectivity index (χ0v) is 13.0. The van der Waals surface area contributed by atoms with Gasteiger partial charge in [0, 0.05) is 17.5 Å². The summed E-state index contributed by atoms with van der Waals surface area (Å²) in [5, 5.41) is 7.14. The van der Waals surface area contributed by atoms with E-state index in [0.717, 1.165) is 23.5 Å². The average Bonchev–Trinajstić information content (AvgIpc) is 3.16. The summed E-state index contributed by atoms with van der Waals surface area (Å²) >= 11 is 1.15. The fourth-order valence-corrected chi connectivity index (χ4v) is 3.08. The predicted octanol–water partition coefficient (Wildman–Crippen LogP) is 2.45. The van der Waals surface area contributed by atoms with Crippen LogP contribution in [-0.2, 0) is 11.0 Å². The van der Waals surface area contributed by atoms with E-state index in [1.165, 1.54) is 17.5 Å². The topological polar surface area (TPSA) is 71.1 Å². The SMILES string of the molecule is O=C(N[C@@H]1CCNC1=O)c1csc(-c2ccc(C(F)(F)F)cc2)n1. The monoisotopic (exact) mass is 355 g/mol. The predicted molar refractivity (Wildman–Crippen MR) is 81.4 cm³/mol. The first kappa shape index (κ1) is 16.4. The Kier molecular flexibility index (Phi) is 4.27. The molecule has 0 aliphatic carbocycles. The van der Waals surface area contributed by atoms with E-state index in [-0.39, 0.29) is 11.6 Å². The first-order valence-electron chi connectivity index (χ1n) is 7.06. The van der Waals surface area contributed by atoms with Gasteiger partial charge in [-0.25, -0.2) is 4.98 Å². The van der Waals surface area contributed by atoms with Crippen LogP contribution in [0, 0.1) is 0 Å². The standard InChI is InChI=1S/C15H12F3N3O2S/c16-15(17,18)9-3-1-8(2-4-9)14-21-11(7-24-14)13(23)20-10-5-6-19-12(10)22/h1-4,7,10H,5-6H2,(H,19,22)(H,20,23)/t10-/m1/s1. The van der Waals surface area contributed by atoms with E-state index in [1.807, 2.05) is 0 Å². The molecule has 24 heavy (non-hydrogen) atoms. The molecule has 0 spiro atoms. The van der Waals surface area contributed by atoms with Gasteiger partial charge in [0.05, 0.1) is 5.56 Å². The molecular weight excluding hydrogens is 343 g/mol. The van der Waals surface area contributed by atoms with E-state index in [9.17, 15) is 22.8 Å². The van der Waals surface area contributed by atoms with Crippen LogP contribution in [0.4, 0.5) is 13.2 Å². The number of halogens is 3. The fourth-order valence-electron chi connectivity index (χ4n) is 2.28. The van der Waals surface area contributed by atoms with Crippen LogP contribution in [0.5, 0.6) is 0 Å². The molecule has 1 saturated heterocycles. The molecule has 1 fully saturated rings. The second kappa shape index (κ2) is 6.23. The number of alkyl halides is 3. The fraction of sp³-hybridized carbons (Fsp3) is 0.267. The lowest BCUT2D eigenvalue weighted by Crippen LogP contribution is -2.40. The van der Waals surface area contributed by atoms with Crippen molar-refractivity contribution in [1.29, 1.82) is 0 Å². The number of amides is 2. The minimum atomic E-state index is -4.39. The van der Waals surface area contributed by atoms with Crippen LogP contribution < -0.4 is 10.6 Å². The third kappa shape index (κ3) is 3.40. The van der Waals surface area contributed by atoms with Crippen molar-refractivity contribution in [2.45, 2.75) is 18.6 Å². The summed E-state index contributed by atoms with van der Waals surface area (Å²) < 4.78 is 37.7. The highest BCUT2D eigenvalue weighted by molar-refractivity contribution is 7.13. The van der Waals surface area contributed by atoms with Crippen molar-refractivity contribution < 1.29 is 22.8 Å². The Morgan fingerprint density at radius 2 is 2.00 bits per heavy atom. The molecule has 0 bridgehead atoms. The Bertz CT molecular complexity index is 771. The number of carbonyl (C=O) groups is 2. The number of carbonyl (C=O) groups excluding carboxylic acids is 2. The molecule has 126 valence electrons. The van der Waals surface area contributed by atoms with Crippen molar-refractivity contribution >= 4 is 23.2 Å². The lowest BCUT2D eigenvalue weighted by atomic mass is 10.1. The Hall–Kier alpha value is -2.42. The van der Waals surface area contributed by atoms with E-state index in [1.54, 1.807) is 0 Å². The Balaban J connectivity index is 1.73. The number of hydrogen-bond acceptors (Lipinski definition) is 4. The van der Waals surface area contributed by atoms with Gasteiger partial charge in [0.2, 0.25) is 5.91 Å². The largest absolute Gasteiger partial charge is 0.416 e. The number of nitrogens with one attached hydrogen (secondary N) is 2. The molecule has 1 aliphatic heterocycles. The first-order valence-corrected chi connectivity index (χ1v) is 7.94. The lowest BCUT2D eigenvalue weighted by molar-refractivity contribution is -0.137. The number of thiazole rings is 1. The van der Waals surface area contributed by atoms with Crippen LogP contribution in [0.1, 0.15) is 22.5 Å². The van der Waals surface area contributed by atoms with Crippen molar-refractivity contribution in [2.24, 2.45) is 0 Å². The Morgan fingerprint density at radius 1 is 1.29 bits per heavy atom. The highest BCUT2D eigenvalue weighted by Crippen LogP contribution is 2.31. The quantitative estimate of drug-likeness (QED) is 0.888. The molecule has 1 atom stereocenters. The molecule has 0 unspecified atom stereocenters. The molecule has 2 amide bonds. The molecule has 2 aromatic rings. The molecule has 1 aliphatic rings. The van der Waals surface area contributed by atoms with Gasteiger partial charge >= 0.3 is 6.18 Å². The molecule has 0 saturated carbocycles. The molecule has 1 aromatic heterocycles. The Labute approximate surface area is 138 Å². The van der Waals surface area contributed by atoms with Gasteiger partial charge in [0.1, 0.15) is 16.7 Å². The van der Waals surface area contributed by atoms with Crippen molar-refractivity contribution in [3.63, 3.8) is 0 Å². The third-order valence-electron chi connectivity index (χ3n) is 3.55. The summed E-state index contributed by atoms with van der Waals surface area (Å²) in [6.07, 6.45) is -3.88. The van der Waals surface area contributed by atoms with Gasteiger partial charge in [-0.05, 0) is 18.6 Å². The summed E-state index contributed by atoms with van der Waals surface area (Å²) in [7, 11) is 0. The maximum atomic E-state index is 12.6. The molecule has 3 rings (SSSR count). The summed E-state index contributed by atoms with van der Waals surface area (Å²) in [5.74, 6) is -0.715. The summed E-state index contributed by atoms with van der Waals surface area (Å²) in [4.78, 5) is 27.7. The second-order valence-electron chi connectivity index (χ2n) is 5.22. The summed E-state index contributed by atoms with van der Waals surface area (Å²) in [5.41, 5.74) is -0.117. The van der Waals surface area contributed by atoms with Crippen molar-refractivity contribution in [1.82, 2.24) is 15.6 Å². The molecule has 1 aromatic carbocycles. The van der Waals surface area contributed by atoms with Gasteiger partial charge in [-0.1, -0.05) is 12.1 Å². The summed E-state index contributed by atoms with van der Waals surface area (Å²) in [6.45, 7) is 0.512. The maximum Gasteiger partial charge on any atom is 0.416 e. The van der Waals surface area contributed by atoms with E-state index >= 15 is 0 Å². The normalized spacial score (nSPS) is 17.6. The van der Waals surface area contributed by atoms with Crippen LogP contribution in [-0.4, -0.2) is 29.4 Å². The minimum Gasteiger partial charge on any atom is -0.354 e. The van der Waals surface area contributed by atoms with Crippen LogP contribution in [0.3, 0.4) is 0 Å². The van der Waals surface area contributed by atoms with Gasteiger partial charge in [-0.3, -0.25) is 9.59 Å². The molecule has 5 nitrogen and oxygen atoms in total. The molecule has 9 heteroatoms. The van der Waals surface area contributed by atoms with Crippen LogP contribution in [0.15, 0.2) is 29.6 Å². The van der Waals surface area contributed by atoms with E-state index in [0.29, 0.717) is 23.5 Å². The average molecular weight is 355 g/mol. The maximum absolute atomic E-state index is 12.6. The van der Waals surface area contributed by atoms with Gasteiger partial charge in [0.15, 0.2) is 0 Å².